The normalized spacial score (nSPS) is 12.9. The number of nitrogens with zero attached hydrogens (tertiary/aromatic N) is 3. The highest BCUT2D eigenvalue weighted by molar-refractivity contribution is 7.18. The maximum atomic E-state index is 13.9. The second-order valence-electron chi connectivity index (χ2n) is 8.71. The maximum Gasteiger partial charge on any atom is 0.337 e. The molecule has 0 saturated carbocycles. The predicted molar refractivity (Wildman–Crippen MR) is 140 cm³/mol. The lowest BCUT2D eigenvalue weighted by Crippen LogP contribution is -2.40. The van der Waals surface area contributed by atoms with E-state index in [2.05, 4.69) is 0 Å². The molecule has 0 spiro atoms. The van der Waals surface area contributed by atoms with E-state index in [1.165, 1.54) is 37.0 Å². The smallest absolute Gasteiger partial charge is 0.337 e. The molecule has 5 rings (SSSR count). The van der Waals surface area contributed by atoms with Crippen molar-refractivity contribution in [1.82, 2.24) is 14.0 Å². The number of carbonyl (C=O) groups is 2. The average molecular weight is 520 g/mol. The first-order valence-corrected chi connectivity index (χ1v) is 12.5. The van der Waals surface area contributed by atoms with Crippen molar-refractivity contribution in [1.29, 1.82) is 0 Å². The largest absolute Gasteiger partial charge is 0.497 e. The molecule has 2 aromatic carbocycles. The summed E-state index contributed by atoms with van der Waals surface area (Å²) in [5, 5.41) is 0.390. The van der Waals surface area contributed by atoms with Gasteiger partial charge in [-0.3, -0.25) is 19.0 Å². The number of hydrogen-bond donors (Lipinski definition) is 0. The summed E-state index contributed by atoms with van der Waals surface area (Å²) in [6.07, 6.45) is 0.481. The van der Waals surface area contributed by atoms with Gasteiger partial charge in [-0.2, -0.15) is 0 Å². The fourth-order valence-corrected chi connectivity index (χ4v) is 6.00. The van der Waals surface area contributed by atoms with E-state index in [0.717, 1.165) is 15.0 Å². The highest BCUT2D eigenvalue weighted by Crippen LogP contribution is 2.34. The lowest BCUT2D eigenvalue weighted by atomic mass is 10.1. The van der Waals surface area contributed by atoms with E-state index < -0.39 is 11.2 Å². The summed E-state index contributed by atoms with van der Waals surface area (Å²) >= 11 is 1.29. The van der Waals surface area contributed by atoms with E-state index >= 15 is 0 Å². The molecule has 0 bridgehead atoms. The summed E-state index contributed by atoms with van der Waals surface area (Å²) in [6, 6.07) is 13.5. The Kier molecular flexibility index (Phi) is 6.43. The van der Waals surface area contributed by atoms with E-state index in [1.54, 1.807) is 47.4 Å². The van der Waals surface area contributed by atoms with Gasteiger partial charge in [-0.15, -0.1) is 11.3 Å². The molecule has 0 unspecified atom stereocenters. The number of aromatic nitrogens is 2. The second-order valence-corrected chi connectivity index (χ2v) is 9.79. The van der Waals surface area contributed by atoms with Gasteiger partial charge in [0.15, 0.2) is 5.78 Å². The van der Waals surface area contributed by atoms with Crippen LogP contribution in [0.3, 0.4) is 0 Å². The number of fused-ring (bicyclic) bond motifs is 3. The number of benzene rings is 2. The van der Waals surface area contributed by atoms with Crippen molar-refractivity contribution in [3.63, 3.8) is 0 Å². The molecule has 1 amide bonds. The van der Waals surface area contributed by atoms with Gasteiger partial charge in [-0.1, -0.05) is 30.3 Å². The third-order valence-corrected chi connectivity index (χ3v) is 7.83. The molecule has 0 N–H and O–H groups in total. The molecule has 0 aliphatic carbocycles. The van der Waals surface area contributed by atoms with E-state index in [0.29, 0.717) is 41.0 Å². The highest BCUT2D eigenvalue weighted by Gasteiger charge is 2.28. The minimum atomic E-state index is -0.646. The molecule has 10 heteroatoms. The molecule has 0 saturated heterocycles. The number of ketones is 1. The molecule has 37 heavy (non-hydrogen) atoms. The molecule has 0 atom stereocenters. The number of methoxy groups -OCH3 is 2. The molecule has 190 valence electrons. The SMILES string of the molecule is COc1ccc(-n2c(=O)c3c4c(sc3n(CC(=O)c3ccccc3)c2=O)CN(C(C)=O)CC4)c(OC)c1. The Morgan fingerprint density at radius 1 is 1.03 bits per heavy atom. The van der Waals surface area contributed by atoms with Crippen molar-refractivity contribution >= 4 is 33.2 Å². The molecule has 4 aromatic rings. The molecular weight excluding hydrogens is 494 g/mol. The Balaban J connectivity index is 1.78. The van der Waals surface area contributed by atoms with Gasteiger partial charge in [-0.25, -0.2) is 9.36 Å². The molecule has 2 aromatic heterocycles. The van der Waals surface area contributed by atoms with Gasteiger partial charge < -0.3 is 14.4 Å². The third kappa shape index (κ3) is 4.23. The Bertz CT molecular complexity index is 1650. The number of carbonyl (C=O) groups excluding carboxylic acids is 2. The van der Waals surface area contributed by atoms with Gasteiger partial charge >= 0.3 is 5.69 Å². The summed E-state index contributed by atoms with van der Waals surface area (Å²) in [5.41, 5.74) is 0.395. The third-order valence-electron chi connectivity index (χ3n) is 6.59. The van der Waals surface area contributed by atoms with E-state index in [-0.39, 0.29) is 29.7 Å². The van der Waals surface area contributed by atoms with E-state index in [1.807, 2.05) is 6.07 Å². The second kappa shape index (κ2) is 9.70. The first kappa shape index (κ1) is 24.5. The van der Waals surface area contributed by atoms with Crippen molar-refractivity contribution in [3.05, 3.63) is 85.4 Å². The maximum absolute atomic E-state index is 13.9. The fraction of sp³-hybridized carbons (Fsp3) is 0.259. The Morgan fingerprint density at radius 3 is 2.46 bits per heavy atom. The van der Waals surface area contributed by atoms with Crippen LogP contribution in [0.1, 0.15) is 27.7 Å². The molecule has 1 aliphatic heterocycles. The van der Waals surface area contributed by atoms with Crippen molar-refractivity contribution in [2.24, 2.45) is 0 Å². The number of amides is 1. The van der Waals surface area contributed by atoms with Gasteiger partial charge in [0.25, 0.3) is 5.56 Å². The Hall–Kier alpha value is -4.18. The van der Waals surface area contributed by atoms with Crippen LogP contribution in [0.5, 0.6) is 11.5 Å². The Morgan fingerprint density at radius 2 is 1.78 bits per heavy atom. The van der Waals surface area contributed by atoms with Crippen LogP contribution >= 0.6 is 11.3 Å². The van der Waals surface area contributed by atoms with Crippen molar-refractivity contribution < 1.29 is 19.1 Å². The minimum absolute atomic E-state index is 0.0554. The van der Waals surface area contributed by atoms with Crippen molar-refractivity contribution in [3.8, 4) is 17.2 Å². The highest BCUT2D eigenvalue weighted by atomic mass is 32.1. The number of rotatable bonds is 6. The summed E-state index contributed by atoms with van der Waals surface area (Å²) in [7, 11) is 2.96. The predicted octanol–water partition coefficient (Wildman–Crippen LogP) is 3.02. The van der Waals surface area contributed by atoms with Crippen molar-refractivity contribution in [2.45, 2.75) is 26.4 Å². The first-order chi connectivity index (χ1) is 17.8. The molecule has 3 heterocycles. The Labute approximate surface area is 216 Å². The monoisotopic (exact) mass is 519 g/mol. The number of thiophene rings is 1. The molecule has 1 aliphatic rings. The zero-order valence-electron chi connectivity index (χ0n) is 20.6. The lowest BCUT2D eigenvalue weighted by molar-refractivity contribution is -0.129. The van der Waals surface area contributed by atoms with Crippen molar-refractivity contribution in [2.75, 3.05) is 20.8 Å². The minimum Gasteiger partial charge on any atom is -0.497 e. The van der Waals surface area contributed by atoms with Gasteiger partial charge in [-0.05, 0) is 24.1 Å². The standard InChI is InChI=1S/C27H25N3O6S/c1-16(31)28-12-11-19-23(15-28)37-26-24(19)25(33)30(20-10-9-18(35-2)13-22(20)36-3)27(34)29(26)14-21(32)17-7-5-4-6-8-17/h4-10,13H,11-12,14-15H2,1-3H3. The average Bonchev–Trinajstić information content (AvgIpc) is 3.30. The van der Waals surface area contributed by atoms with Crippen LogP contribution in [0, 0.1) is 0 Å². The van der Waals surface area contributed by atoms with Crippen LogP contribution in [-0.2, 0) is 24.3 Å². The molecule has 9 nitrogen and oxygen atoms in total. The molecule has 0 radical (unpaired) electrons. The summed E-state index contributed by atoms with van der Waals surface area (Å²) in [6.45, 7) is 2.10. The van der Waals surface area contributed by atoms with E-state index in [4.69, 9.17) is 9.47 Å². The zero-order chi connectivity index (χ0) is 26.3. The lowest BCUT2D eigenvalue weighted by Gasteiger charge is -2.25. The van der Waals surface area contributed by atoms with Crippen LogP contribution in [0.2, 0.25) is 0 Å². The van der Waals surface area contributed by atoms with Crippen LogP contribution in [0.15, 0.2) is 58.1 Å². The zero-order valence-corrected chi connectivity index (χ0v) is 21.5. The van der Waals surface area contributed by atoms with Gasteiger partial charge in [0.2, 0.25) is 5.91 Å². The van der Waals surface area contributed by atoms with Gasteiger partial charge in [0, 0.05) is 30.0 Å². The topological polar surface area (TPSA) is 99.8 Å². The number of ether oxygens (including phenoxy) is 2. The molecule has 0 fully saturated rings. The summed E-state index contributed by atoms with van der Waals surface area (Å²) in [4.78, 5) is 56.0. The van der Waals surface area contributed by atoms with Crippen LogP contribution in [0.4, 0.5) is 0 Å². The van der Waals surface area contributed by atoms with Crippen LogP contribution in [-0.4, -0.2) is 46.5 Å². The van der Waals surface area contributed by atoms with Gasteiger partial charge in [0.05, 0.1) is 38.4 Å². The van der Waals surface area contributed by atoms with Crippen LogP contribution < -0.4 is 20.7 Å². The fourth-order valence-electron chi connectivity index (χ4n) is 4.66. The number of hydrogen-bond acceptors (Lipinski definition) is 7. The van der Waals surface area contributed by atoms with Gasteiger partial charge in [0.1, 0.15) is 16.3 Å². The molecular formula is C27H25N3O6S. The number of Topliss-reactive ketones (excluding diaryl/α,β-unsaturated/α-hetero) is 1. The van der Waals surface area contributed by atoms with Crippen LogP contribution in [0.25, 0.3) is 15.9 Å². The summed E-state index contributed by atoms with van der Waals surface area (Å²) in [5.74, 6) is 0.477. The first-order valence-electron chi connectivity index (χ1n) is 11.7. The summed E-state index contributed by atoms with van der Waals surface area (Å²) < 4.78 is 13.2. The quantitative estimate of drug-likeness (QED) is 0.363. The van der Waals surface area contributed by atoms with E-state index in [9.17, 15) is 19.2 Å².